The van der Waals surface area contributed by atoms with Crippen molar-refractivity contribution in [3.8, 4) is 0 Å². The molecule has 0 aliphatic carbocycles. The van der Waals surface area contributed by atoms with Crippen molar-refractivity contribution in [1.82, 2.24) is 0 Å². The zero-order chi connectivity index (χ0) is 14.3. The molecule has 6 nitrogen and oxygen atoms in total. The van der Waals surface area contributed by atoms with E-state index in [1.807, 2.05) is 6.92 Å². The first-order chi connectivity index (χ1) is 8.95. The minimum Gasteiger partial charge on any atom is -0.433 e. The Hall–Kier alpha value is -1.76. The summed E-state index contributed by atoms with van der Waals surface area (Å²) in [7, 11) is -4.15. The lowest BCUT2D eigenvalue weighted by Gasteiger charge is -2.06. The predicted octanol–water partition coefficient (Wildman–Crippen LogP) is 2.30. The summed E-state index contributed by atoms with van der Waals surface area (Å²) >= 11 is 0. The van der Waals surface area contributed by atoms with Crippen molar-refractivity contribution in [3.63, 3.8) is 0 Å². The van der Waals surface area contributed by atoms with Crippen LogP contribution in [-0.4, -0.2) is 21.2 Å². The van der Waals surface area contributed by atoms with Crippen molar-refractivity contribution < 1.29 is 22.1 Å². The summed E-state index contributed by atoms with van der Waals surface area (Å²) in [6.07, 6.45) is 1.33. The van der Waals surface area contributed by atoms with Gasteiger partial charge in [0.05, 0.1) is 6.61 Å². The Labute approximate surface area is 112 Å². The van der Waals surface area contributed by atoms with Gasteiger partial charge in [-0.15, -0.1) is 0 Å². The molecule has 0 radical (unpaired) electrons. The lowest BCUT2D eigenvalue weighted by Crippen LogP contribution is -2.15. The van der Waals surface area contributed by atoms with E-state index in [-0.39, 0.29) is 11.5 Å². The third-order valence-electron chi connectivity index (χ3n) is 2.31. The molecule has 0 amide bonds. The van der Waals surface area contributed by atoms with Gasteiger partial charge >= 0.3 is 16.3 Å². The normalized spacial score (nSPS) is 11.0. The average molecular weight is 287 g/mol. The second-order valence-corrected chi connectivity index (χ2v) is 5.46. The van der Waals surface area contributed by atoms with E-state index in [0.717, 1.165) is 12.8 Å². The summed E-state index contributed by atoms with van der Waals surface area (Å²) < 4.78 is 32.3. The van der Waals surface area contributed by atoms with Gasteiger partial charge in [0.15, 0.2) is 0 Å². The molecule has 106 valence electrons. The Kier molecular flexibility index (Phi) is 5.62. The lowest BCUT2D eigenvalue weighted by molar-refractivity contribution is 0.0997. The molecule has 0 fully saturated rings. The number of nitrogens with two attached hydrogens (primary N) is 1. The minimum atomic E-state index is -4.15. The number of rotatable bonds is 6. The Morgan fingerprint density at radius 2 is 1.84 bits per heavy atom. The number of benzene rings is 1. The van der Waals surface area contributed by atoms with Crippen LogP contribution in [-0.2, 0) is 19.0 Å². The summed E-state index contributed by atoms with van der Waals surface area (Å²) in [5.41, 5.74) is 5.86. The second-order valence-electron chi connectivity index (χ2n) is 3.91. The fourth-order valence-corrected chi connectivity index (χ4v) is 2.10. The number of carbonyl (C=O) groups excluding carboxylic acids is 1. The van der Waals surface area contributed by atoms with Crippen LogP contribution in [0.2, 0.25) is 0 Å². The van der Waals surface area contributed by atoms with Crippen LogP contribution in [0, 0.1) is 0 Å². The number of nitrogen functional groups attached to an aromatic ring is 1. The molecule has 0 aromatic heterocycles. The van der Waals surface area contributed by atoms with Gasteiger partial charge in [0, 0.05) is 5.69 Å². The van der Waals surface area contributed by atoms with Crippen LogP contribution in [0.15, 0.2) is 29.2 Å². The maximum Gasteiger partial charge on any atom is 0.524 e. The van der Waals surface area contributed by atoms with Gasteiger partial charge in [-0.05, 0) is 30.7 Å². The maximum atomic E-state index is 11.7. The Balaban J connectivity index is 2.55. The third-order valence-corrected chi connectivity index (χ3v) is 3.52. The first-order valence-electron chi connectivity index (χ1n) is 5.92. The average Bonchev–Trinajstić information content (AvgIpc) is 2.34. The van der Waals surface area contributed by atoms with E-state index < -0.39 is 16.3 Å². The molecule has 0 saturated heterocycles. The second kappa shape index (κ2) is 6.98. The molecule has 0 aliphatic heterocycles. The van der Waals surface area contributed by atoms with Crippen LogP contribution < -0.4 is 5.73 Å². The van der Waals surface area contributed by atoms with Crippen LogP contribution in [0.4, 0.5) is 10.5 Å². The van der Waals surface area contributed by atoms with E-state index in [2.05, 4.69) is 8.92 Å². The molecule has 1 aromatic carbocycles. The highest BCUT2D eigenvalue weighted by Crippen LogP contribution is 2.15. The molecule has 1 aromatic rings. The van der Waals surface area contributed by atoms with Crippen molar-refractivity contribution in [2.24, 2.45) is 0 Å². The van der Waals surface area contributed by atoms with E-state index in [0.29, 0.717) is 12.1 Å². The fraction of sp³-hybridized carbons (Fsp3) is 0.417. The van der Waals surface area contributed by atoms with Gasteiger partial charge in [0.25, 0.3) is 0 Å². The largest absolute Gasteiger partial charge is 0.524 e. The Morgan fingerprint density at radius 1 is 1.21 bits per heavy atom. The quantitative estimate of drug-likeness (QED) is 0.373. The highest BCUT2D eigenvalue weighted by molar-refractivity contribution is 7.87. The van der Waals surface area contributed by atoms with Crippen LogP contribution >= 0.6 is 0 Å². The van der Waals surface area contributed by atoms with Crippen LogP contribution in [0.1, 0.15) is 26.2 Å². The minimum absolute atomic E-state index is 0.143. The summed E-state index contributed by atoms with van der Waals surface area (Å²) in [5, 5.41) is 0. The van der Waals surface area contributed by atoms with E-state index in [9.17, 15) is 13.2 Å². The number of unbranched alkanes of at least 4 members (excludes halogenated alkanes) is 2. The number of hydrogen-bond acceptors (Lipinski definition) is 6. The van der Waals surface area contributed by atoms with E-state index in [4.69, 9.17) is 5.73 Å². The number of carbonyl (C=O) groups is 1. The highest BCUT2D eigenvalue weighted by Gasteiger charge is 2.20. The predicted molar refractivity (Wildman–Crippen MR) is 70.0 cm³/mol. The first-order valence-corrected chi connectivity index (χ1v) is 7.33. The molecule has 0 aliphatic rings. The van der Waals surface area contributed by atoms with Gasteiger partial charge in [-0.2, -0.15) is 8.42 Å². The third kappa shape index (κ3) is 5.17. The van der Waals surface area contributed by atoms with Gasteiger partial charge in [0.1, 0.15) is 4.90 Å². The van der Waals surface area contributed by atoms with Crippen molar-refractivity contribution in [1.29, 1.82) is 0 Å². The number of anilines is 1. The zero-order valence-corrected chi connectivity index (χ0v) is 11.5. The summed E-state index contributed by atoms with van der Waals surface area (Å²) in [5.74, 6) is 0. The summed E-state index contributed by atoms with van der Waals surface area (Å²) in [4.78, 5) is 11.1. The fourth-order valence-electron chi connectivity index (χ4n) is 1.30. The van der Waals surface area contributed by atoms with Gasteiger partial charge < -0.3 is 14.7 Å². The standard InChI is InChI=1S/C12H17NO5S/c1-2-3-4-9-17-12(14)18-19(15,16)11-7-5-10(13)6-8-11/h5-8H,2-4,9,13H2,1H3. The molecule has 7 heteroatoms. The monoisotopic (exact) mass is 287 g/mol. The molecule has 0 atom stereocenters. The van der Waals surface area contributed by atoms with Crippen molar-refractivity contribution in [2.45, 2.75) is 31.1 Å². The van der Waals surface area contributed by atoms with Gasteiger partial charge in [-0.1, -0.05) is 19.8 Å². The van der Waals surface area contributed by atoms with Crippen molar-refractivity contribution in [2.75, 3.05) is 12.3 Å². The molecule has 1 rings (SSSR count). The molecular weight excluding hydrogens is 270 g/mol. The number of hydrogen-bond donors (Lipinski definition) is 1. The molecule has 0 bridgehead atoms. The van der Waals surface area contributed by atoms with E-state index in [1.165, 1.54) is 24.3 Å². The molecular formula is C12H17NO5S. The lowest BCUT2D eigenvalue weighted by atomic mass is 10.3. The highest BCUT2D eigenvalue weighted by atomic mass is 32.2. The topological polar surface area (TPSA) is 95.7 Å². The molecule has 0 heterocycles. The molecule has 2 N–H and O–H groups in total. The SMILES string of the molecule is CCCCCOC(=O)OS(=O)(=O)c1ccc(N)cc1. The molecule has 0 saturated carbocycles. The molecule has 0 spiro atoms. The van der Waals surface area contributed by atoms with Crippen molar-refractivity contribution in [3.05, 3.63) is 24.3 Å². The van der Waals surface area contributed by atoms with Gasteiger partial charge in [-0.3, -0.25) is 0 Å². The van der Waals surface area contributed by atoms with Crippen molar-refractivity contribution >= 4 is 22.0 Å². The first kappa shape index (κ1) is 15.3. The van der Waals surface area contributed by atoms with Crippen LogP contribution in [0.25, 0.3) is 0 Å². The van der Waals surface area contributed by atoms with Gasteiger partial charge in [0.2, 0.25) is 0 Å². The number of ether oxygens (including phenoxy) is 1. The van der Waals surface area contributed by atoms with Crippen LogP contribution in [0.3, 0.4) is 0 Å². The summed E-state index contributed by atoms with van der Waals surface area (Å²) in [6, 6.07) is 5.33. The van der Waals surface area contributed by atoms with Crippen LogP contribution in [0.5, 0.6) is 0 Å². The molecule has 0 unspecified atom stereocenters. The zero-order valence-electron chi connectivity index (χ0n) is 10.7. The Morgan fingerprint density at radius 3 is 2.42 bits per heavy atom. The Bertz CT molecular complexity index is 509. The smallest absolute Gasteiger partial charge is 0.433 e. The van der Waals surface area contributed by atoms with E-state index in [1.54, 1.807) is 0 Å². The van der Waals surface area contributed by atoms with Gasteiger partial charge in [-0.25, -0.2) is 4.79 Å². The van der Waals surface area contributed by atoms with E-state index >= 15 is 0 Å². The summed E-state index contributed by atoms with van der Waals surface area (Å²) in [6.45, 7) is 2.15. The molecule has 19 heavy (non-hydrogen) atoms. The maximum absolute atomic E-state index is 11.7.